The van der Waals surface area contributed by atoms with Crippen LogP contribution in [-0.4, -0.2) is 22.1 Å². The first-order valence-electron chi connectivity index (χ1n) is 7.33. The summed E-state index contributed by atoms with van der Waals surface area (Å²) in [6, 6.07) is 6.50. The Morgan fingerprint density at radius 2 is 1.92 bits per heavy atom. The van der Waals surface area contributed by atoms with Gasteiger partial charge in [0.05, 0.1) is 17.3 Å². The Kier molecular flexibility index (Phi) is 4.53. The van der Waals surface area contributed by atoms with Crippen LogP contribution in [0.1, 0.15) is 21.5 Å². The van der Waals surface area contributed by atoms with E-state index >= 15 is 0 Å². The molecule has 0 atom stereocenters. The minimum absolute atomic E-state index is 0.231. The Morgan fingerprint density at radius 1 is 1.19 bits per heavy atom. The van der Waals surface area contributed by atoms with Gasteiger partial charge in [-0.2, -0.15) is 18.3 Å². The Morgan fingerprint density at radius 3 is 2.62 bits per heavy atom. The predicted molar refractivity (Wildman–Crippen MR) is 88.9 cm³/mol. The van der Waals surface area contributed by atoms with Gasteiger partial charge in [-0.1, -0.05) is 6.07 Å². The number of H-pyrrole nitrogens is 1. The number of nitrogens with one attached hydrogen (secondary N) is 2. The molecule has 9 heteroatoms. The summed E-state index contributed by atoms with van der Waals surface area (Å²) in [5, 5.41) is 3.48. The van der Waals surface area contributed by atoms with Crippen molar-refractivity contribution in [2.24, 2.45) is 5.10 Å². The van der Waals surface area contributed by atoms with E-state index < -0.39 is 23.1 Å². The maximum absolute atomic E-state index is 13.0. The lowest BCUT2D eigenvalue weighted by Crippen LogP contribution is -2.25. The van der Waals surface area contributed by atoms with E-state index in [0.717, 1.165) is 18.3 Å². The Balaban J connectivity index is 1.91. The molecule has 0 unspecified atom stereocenters. The summed E-state index contributed by atoms with van der Waals surface area (Å²) in [5.74, 6) is -0.837. The summed E-state index contributed by atoms with van der Waals surface area (Å²) in [5.41, 5.74) is 0.322. The summed E-state index contributed by atoms with van der Waals surface area (Å²) < 4.78 is 39.0. The molecule has 1 aromatic carbocycles. The van der Waals surface area contributed by atoms with Gasteiger partial charge >= 0.3 is 6.18 Å². The molecule has 0 saturated heterocycles. The summed E-state index contributed by atoms with van der Waals surface area (Å²) in [6.07, 6.45) is 0.736. The first-order valence-corrected chi connectivity index (χ1v) is 7.33. The third kappa shape index (κ3) is 3.46. The van der Waals surface area contributed by atoms with E-state index in [2.05, 4.69) is 20.5 Å². The predicted octanol–water partition coefficient (Wildman–Crippen LogP) is 2.71. The number of halogens is 3. The van der Waals surface area contributed by atoms with Crippen LogP contribution in [0.25, 0.3) is 10.9 Å². The molecule has 0 fully saturated rings. The molecule has 2 N–H and O–H groups in total. The molecule has 0 aliphatic heterocycles. The molecule has 6 nitrogen and oxygen atoms in total. The Bertz CT molecular complexity index is 1040. The van der Waals surface area contributed by atoms with E-state index in [-0.39, 0.29) is 16.5 Å². The van der Waals surface area contributed by atoms with Crippen LogP contribution in [0.3, 0.4) is 0 Å². The van der Waals surface area contributed by atoms with E-state index in [1.165, 1.54) is 24.7 Å². The topological polar surface area (TPSA) is 87.2 Å². The normalized spacial score (nSPS) is 11.8. The molecular formula is C17H11F3N4O2. The molecule has 1 amide bonds. The SMILES string of the molecule is O=C(N/N=C/c1ccncc1)c1c[nH]c2c(C(F)(F)F)cccc2c1=O. The quantitative estimate of drug-likeness (QED) is 0.556. The van der Waals surface area contributed by atoms with Crippen molar-refractivity contribution in [3.8, 4) is 0 Å². The fraction of sp³-hybridized carbons (Fsp3) is 0.0588. The maximum atomic E-state index is 13.0. The van der Waals surface area contributed by atoms with Crippen molar-refractivity contribution in [2.45, 2.75) is 6.18 Å². The van der Waals surface area contributed by atoms with Gasteiger partial charge in [0.1, 0.15) is 5.56 Å². The largest absolute Gasteiger partial charge is 0.418 e. The number of hydrazone groups is 1. The fourth-order valence-electron chi connectivity index (χ4n) is 2.33. The van der Waals surface area contributed by atoms with Gasteiger partial charge < -0.3 is 4.98 Å². The minimum Gasteiger partial charge on any atom is -0.360 e. The molecule has 2 heterocycles. The zero-order valence-corrected chi connectivity index (χ0v) is 13.0. The molecule has 3 rings (SSSR count). The number of nitrogens with zero attached hydrogens (tertiary/aromatic N) is 2. The smallest absolute Gasteiger partial charge is 0.360 e. The van der Waals surface area contributed by atoms with E-state index in [1.807, 2.05) is 0 Å². The van der Waals surface area contributed by atoms with Crippen LogP contribution in [0.5, 0.6) is 0 Å². The number of hydrogen-bond acceptors (Lipinski definition) is 4. The van der Waals surface area contributed by atoms with Crippen molar-refractivity contribution in [3.05, 3.63) is 75.8 Å². The number of aromatic nitrogens is 2. The van der Waals surface area contributed by atoms with Crippen LogP contribution < -0.4 is 10.9 Å². The molecular weight excluding hydrogens is 349 g/mol. The van der Waals surface area contributed by atoms with Gasteiger partial charge in [-0.3, -0.25) is 14.6 Å². The second-order valence-corrected chi connectivity index (χ2v) is 5.24. The number of amides is 1. The van der Waals surface area contributed by atoms with Crippen LogP contribution >= 0.6 is 0 Å². The van der Waals surface area contributed by atoms with Crippen LogP contribution in [0.15, 0.2) is 58.8 Å². The van der Waals surface area contributed by atoms with Gasteiger partial charge in [-0.05, 0) is 29.8 Å². The lowest BCUT2D eigenvalue weighted by Gasteiger charge is -2.10. The first kappa shape index (κ1) is 17.3. The molecule has 0 bridgehead atoms. The van der Waals surface area contributed by atoms with Gasteiger partial charge in [-0.25, -0.2) is 5.43 Å². The highest BCUT2D eigenvalue weighted by atomic mass is 19.4. The van der Waals surface area contributed by atoms with Gasteiger partial charge in [0.25, 0.3) is 5.91 Å². The van der Waals surface area contributed by atoms with Gasteiger partial charge in [0.15, 0.2) is 0 Å². The number of rotatable bonds is 3. The summed E-state index contributed by atoms with van der Waals surface area (Å²) >= 11 is 0. The fourth-order valence-corrected chi connectivity index (χ4v) is 2.33. The van der Waals surface area contributed by atoms with Crippen molar-refractivity contribution in [1.29, 1.82) is 0 Å². The molecule has 0 radical (unpaired) electrons. The van der Waals surface area contributed by atoms with Crippen molar-refractivity contribution in [3.63, 3.8) is 0 Å². The number of carbonyl (C=O) groups is 1. The minimum atomic E-state index is -4.62. The zero-order chi connectivity index (χ0) is 18.7. The molecule has 132 valence electrons. The summed E-state index contributed by atoms with van der Waals surface area (Å²) in [6.45, 7) is 0. The number of aromatic amines is 1. The molecule has 0 spiro atoms. The molecule has 3 aromatic rings. The van der Waals surface area contributed by atoms with Gasteiger partial charge in [0.2, 0.25) is 5.43 Å². The summed E-state index contributed by atoms with van der Waals surface area (Å²) in [7, 11) is 0. The summed E-state index contributed by atoms with van der Waals surface area (Å²) in [4.78, 5) is 30.7. The third-order valence-corrected chi connectivity index (χ3v) is 3.55. The Labute approximate surface area is 144 Å². The number of hydrogen-bond donors (Lipinski definition) is 2. The number of pyridine rings is 2. The zero-order valence-electron chi connectivity index (χ0n) is 13.0. The highest BCUT2D eigenvalue weighted by molar-refractivity contribution is 5.98. The highest BCUT2D eigenvalue weighted by Crippen LogP contribution is 2.32. The first-order chi connectivity index (χ1) is 12.4. The standard InChI is InChI=1S/C17H11F3N4O2/c18-17(19,20)13-3-1-2-11-14(13)22-9-12(15(11)25)16(26)24-23-8-10-4-6-21-7-5-10/h1-9H,(H,22,25)(H,24,26)/b23-8+. The van der Waals surface area contributed by atoms with Crippen molar-refractivity contribution < 1.29 is 18.0 Å². The Hall–Kier alpha value is -3.49. The molecule has 0 aliphatic rings. The van der Waals surface area contributed by atoms with Gasteiger partial charge in [0, 0.05) is 24.0 Å². The highest BCUT2D eigenvalue weighted by Gasteiger charge is 2.33. The van der Waals surface area contributed by atoms with Crippen LogP contribution in [0, 0.1) is 0 Å². The van der Waals surface area contributed by atoms with Crippen molar-refractivity contribution in [1.82, 2.24) is 15.4 Å². The van der Waals surface area contributed by atoms with E-state index in [1.54, 1.807) is 12.1 Å². The average Bonchev–Trinajstić information content (AvgIpc) is 2.61. The monoisotopic (exact) mass is 360 g/mol. The molecule has 26 heavy (non-hydrogen) atoms. The second kappa shape index (κ2) is 6.79. The number of carbonyl (C=O) groups excluding carboxylic acids is 1. The second-order valence-electron chi connectivity index (χ2n) is 5.24. The third-order valence-electron chi connectivity index (χ3n) is 3.55. The maximum Gasteiger partial charge on any atom is 0.418 e. The van der Waals surface area contributed by atoms with E-state index in [9.17, 15) is 22.8 Å². The lowest BCUT2D eigenvalue weighted by molar-refractivity contribution is -0.136. The lowest BCUT2D eigenvalue weighted by atomic mass is 10.1. The average molecular weight is 360 g/mol. The number of benzene rings is 1. The molecule has 0 aliphatic carbocycles. The van der Waals surface area contributed by atoms with E-state index in [4.69, 9.17) is 0 Å². The number of alkyl halides is 3. The van der Waals surface area contributed by atoms with Gasteiger partial charge in [-0.15, -0.1) is 0 Å². The number of fused-ring (bicyclic) bond motifs is 1. The number of para-hydroxylation sites is 1. The van der Waals surface area contributed by atoms with Crippen LogP contribution in [-0.2, 0) is 6.18 Å². The molecule has 2 aromatic heterocycles. The van der Waals surface area contributed by atoms with Crippen LogP contribution in [0.4, 0.5) is 13.2 Å². The van der Waals surface area contributed by atoms with Crippen LogP contribution in [0.2, 0.25) is 0 Å². The molecule has 0 saturated carbocycles. The van der Waals surface area contributed by atoms with E-state index in [0.29, 0.717) is 5.56 Å². The van der Waals surface area contributed by atoms with Crippen molar-refractivity contribution in [2.75, 3.05) is 0 Å². The van der Waals surface area contributed by atoms with Crippen molar-refractivity contribution >= 4 is 23.0 Å².